The molecule has 0 aliphatic rings. The van der Waals surface area contributed by atoms with Crippen molar-refractivity contribution in [2.45, 2.75) is 58.3 Å². The van der Waals surface area contributed by atoms with Crippen molar-refractivity contribution in [2.75, 3.05) is 6.61 Å². The van der Waals surface area contributed by atoms with Gasteiger partial charge in [0.15, 0.2) is 9.76 Å². The van der Waals surface area contributed by atoms with Crippen molar-refractivity contribution >= 4 is 15.8 Å². The zero-order valence-corrected chi connectivity index (χ0v) is 15.4. The van der Waals surface area contributed by atoms with Crippen molar-refractivity contribution in [3.8, 4) is 0 Å². The van der Waals surface area contributed by atoms with Crippen molar-refractivity contribution < 1.29 is 9.16 Å². The van der Waals surface area contributed by atoms with E-state index in [0.717, 1.165) is 25.0 Å². The normalized spacial score (nSPS) is 16.0. The van der Waals surface area contributed by atoms with Gasteiger partial charge in [0, 0.05) is 6.61 Å². The molecule has 3 atom stereocenters. The van der Waals surface area contributed by atoms with Gasteiger partial charge in [0.2, 0.25) is 0 Å². The van der Waals surface area contributed by atoms with Crippen LogP contribution in [-0.2, 0) is 9.16 Å². The lowest BCUT2D eigenvalue weighted by Gasteiger charge is -2.25. The Morgan fingerprint density at radius 3 is 2.29 bits per heavy atom. The molecule has 1 rings (SSSR count). The van der Waals surface area contributed by atoms with E-state index in [0.29, 0.717) is 11.6 Å². The third kappa shape index (κ3) is 5.77. The molecule has 0 radical (unpaired) electrons. The monoisotopic (exact) mass is 306 g/mol. The number of rotatable bonds is 10. The molecule has 0 saturated carbocycles. The fourth-order valence-electron chi connectivity index (χ4n) is 2.52. The first-order valence-corrected chi connectivity index (χ1v) is 9.51. The average Bonchev–Trinajstić information content (AvgIpc) is 2.52. The first-order valence-electron chi connectivity index (χ1n) is 8.11. The number of ether oxygens (including phenoxy) is 1. The summed E-state index contributed by atoms with van der Waals surface area (Å²) in [5.74, 6) is 0. The van der Waals surface area contributed by atoms with Crippen molar-refractivity contribution in [1.82, 2.24) is 0 Å². The van der Waals surface area contributed by atoms with E-state index in [1.165, 1.54) is 5.56 Å². The molecule has 0 bridgehead atoms. The van der Waals surface area contributed by atoms with E-state index in [-0.39, 0.29) is 6.10 Å². The van der Waals surface area contributed by atoms with Crippen LogP contribution in [0.5, 0.6) is 0 Å². The molecule has 1 aromatic carbocycles. The van der Waals surface area contributed by atoms with E-state index in [1.54, 1.807) is 0 Å². The second-order valence-electron chi connectivity index (χ2n) is 5.43. The van der Waals surface area contributed by atoms with Gasteiger partial charge in [0.05, 0.1) is 12.2 Å². The van der Waals surface area contributed by atoms with E-state index >= 15 is 0 Å². The molecule has 0 aromatic heterocycles. The Balaban J connectivity index is 2.61. The minimum Gasteiger partial charge on any atom is -0.417 e. The molecular formula is C18H30O2Si. The van der Waals surface area contributed by atoms with Crippen LogP contribution in [0.2, 0.25) is 5.54 Å². The Labute approximate surface area is 132 Å². The fraction of sp³-hybridized carbons (Fsp3) is 0.556. The van der Waals surface area contributed by atoms with Crippen LogP contribution in [0.4, 0.5) is 0 Å². The third-order valence-corrected chi connectivity index (χ3v) is 6.31. The fourth-order valence-corrected chi connectivity index (χ4v) is 4.07. The van der Waals surface area contributed by atoms with E-state index in [2.05, 4.69) is 58.5 Å². The summed E-state index contributed by atoms with van der Waals surface area (Å²) in [7, 11) is -0.605. The minimum atomic E-state index is -0.605. The zero-order chi connectivity index (χ0) is 15.7. The third-order valence-electron chi connectivity index (χ3n) is 4.04. The number of hydrogen-bond acceptors (Lipinski definition) is 2. The Kier molecular flexibility index (Phi) is 8.58. The van der Waals surface area contributed by atoms with Crippen LogP contribution in [0.3, 0.4) is 0 Å². The van der Waals surface area contributed by atoms with E-state index in [4.69, 9.17) is 9.16 Å². The highest BCUT2D eigenvalue weighted by atomic mass is 28.2. The molecule has 3 unspecified atom stereocenters. The molecule has 3 heteroatoms. The van der Waals surface area contributed by atoms with Gasteiger partial charge in [0.25, 0.3) is 0 Å². The topological polar surface area (TPSA) is 18.5 Å². The van der Waals surface area contributed by atoms with Crippen LogP contribution < -0.4 is 0 Å². The Morgan fingerprint density at radius 2 is 1.81 bits per heavy atom. The van der Waals surface area contributed by atoms with Crippen molar-refractivity contribution in [1.29, 1.82) is 0 Å². The second kappa shape index (κ2) is 9.93. The van der Waals surface area contributed by atoms with E-state index in [9.17, 15) is 0 Å². The van der Waals surface area contributed by atoms with Gasteiger partial charge in [-0.3, -0.25) is 0 Å². The summed E-state index contributed by atoms with van der Waals surface area (Å²) in [5.41, 5.74) is 3.02. The van der Waals surface area contributed by atoms with Gasteiger partial charge in [-0.25, -0.2) is 0 Å². The summed E-state index contributed by atoms with van der Waals surface area (Å²) in [6.45, 7) is 13.2. The standard InChI is InChI=1S/C18H30O2Si/c1-6-15-10-12-16(13-11-15)17(7-2)20-21-18(8-3)14(5)19-9-4/h6,10-14,17-18H,1,7-9,21H2,2-5H3. The molecule has 0 aliphatic heterocycles. The molecule has 0 saturated heterocycles. The predicted octanol–water partition coefficient (Wildman–Crippen LogP) is 4.50. The smallest absolute Gasteiger partial charge is 0.168 e. The summed E-state index contributed by atoms with van der Waals surface area (Å²) in [6, 6.07) is 8.53. The van der Waals surface area contributed by atoms with Crippen LogP contribution in [0.25, 0.3) is 6.08 Å². The Morgan fingerprint density at radius 1 is 1.14 bits per heavy atom. The second-order valence-corrected chi connectivity index (χ2v) is 7.15. The largest absolute Gasteiger partial charge is 0.417 e. The van der Waals surface area contributed by atoms with E-state index < -0.39 is 9.76 Å². The quantitative estimate of drug-likeness (QED) is 0.592. The summed E-state index contributed by atoms with van der Waals surface area (Å²) >= 11 is 0. The molecule has 0 N–H and O–H groups in total. The highest BCUT2D eigenvalue weighted by Crippen LogP contribution is 2.25. The van der Waals surface area contributed by atoms with Crippen LogP contribution in [0.15, 0.2) is 30.8 Å². The van der Waals surface area contributed by atoms with Crippen molar-refractivity contribution in [3.05, 3.63) is 42.0 Å². The van der Waals surface area contributed by atoms with Gasteiger partial charge in [-0.1, -0.05) is 57.2 Å². The molecule has 1 aromatic rings. The Hall–Kier alpha value is -0.903. The SMILES string of the molecule is C=Cc1ccc(C(CC)O[SiH2]C(CC)C(C)OCC)cc1. The molecule has 0 fully saturated rings. The van der Waals surface area contributed by atoms with Crippen LogP contribution in [0.1, 0.15) is 57.8 Å². The predicted molar refractivity (Wildman–Crippen MR) is 94.3 cm³/mol. The lowest BCUT2D eigenvalue weighted by molar-refractivity contribution is 0.0642. The lowest BCUT2D eigenvalue weighted by Crippen LogP contribution is -2.23. The van der Waals surface area contributed by atoms with Crippen LogP contribution >= 0.6 is 0 Å². The van der Waals surface area contributed by atoms with Gasteiger partial charge in [-0.15, -0.1) is 0 Å². The average molecular weight is 307 g/mol. The van der Waals surface area contributed by atoms with Crippen LogP contribution in [-0.4, -0.2) is 22.5 Å². The summed E-state index contributed by atoms with van der Waals surface area (Å²) in [6.07, 6.45) is 4.56. The first-order chi connectivity index (χ1) is 10.2. The highest BCUT2D eigenvalue weighted by Gasteiger charge is 2.19. The maximum absolute atomic E-state index is 6.30. The van der Waals surface area contributed by atoms with Gasteiger partial charge in [-0.2, -0.15) is 0 Å². The maximum atomic E-state index is 6.30. The molecule has 118 valence electrons. The summed E-state index contributed by atoms with van der Waals surface area (Å²) in [5, 5.41) is 0. The minimum absolute atomic E-state index is 0.221. The van der Waals surface area contributed by atoms with Crippen molar-refractivity contribution in [2.24, 2.45) is 0 Å². The van der Waals surface area contributed by atoms with Crippen LogP contribution in [0, 0.1) is 0 Å². The molecule has 0 aliphatic carbocycles. The van der Waals surface area contributed by atoms with Gasteiger partial charge >= 0.3 is 0 Å². The molecular weight excluding hydrogens is 276 g/mol. The zero-order valence-electron chi connectivity index (χ0n) is 14.0. The molecule has 21 heavy (non-hydrogen) atoms. The van der Waals surface area contributed by atoms with Gasteiger partial charge in [0.1, 0.15) is 0 Å². The lowest BCUT2D eigenvalue weighted by atomic mass is 10.1. The first kappa shape index (κ1) is 18.1. The van der Waals surface area contributed by atoms with Gasteiger partial charge in [-0.05, 0) is 36.9 Å². The molecule has 0 spiro atoms. The highest BCUT2D eigenvalue weighted by molar-refractivity contribution is 6.29. The van der Waals surface area contributed by atoms with Gasteiger partial charge < -0.3 is 9.16 Å². The molecule has 2 nitrogen and oxygen atoms in total. The summed E-state index contributed by atoms with van der Waals surface area (Å²) < 4.78 is 12.0. The Bertz CT molecular complexity index is 402. The molecule has 0 heterocycles. The maximum Gasteiger partial charge on any atom is 0.168 e. The van der Waals surface area contributed by atoms with Crippen molar-refractivity contribution in [3.63, 3.8) is 0 Å². The number of benzene rings is 1. The molecule has 0 amide bonds. The summed E-state index contributed by atoms with van der Waals surface area (Å²) in [4.78, 5) is 0. The van der Waals surface area contributed by atoms with E-state index in [1.807, 2.05) is 6.08 Å². The number of hydrogen-bond donors (Lipinski definition) is 0.